The Morgan fingerprint density at radius 1 is 0.950 bits per heavy atom. The van der Waals surface area contributed by atoms with Crippen LogP contribution in [0.15, 0.2) is 58.3 Å². The van der Waals surface area contributed by atoms with Crippen molar-refractivity contribution in [3.63, 3.8) is 0 Å². The van der Waals surface area contributed by atoms with Crippen LogP contribution in [0.25, 0.3) is 10.9 Å². The number of nitrogen functional groups attached to an aromatic ring is 1. The average molecular weight is 280 g/mol. The summed E-state index contributed by atoms with van der Waals surface area (Å²) in [5, 5.41) is 1.18. The zero-order valence-corrected chi connectivity index (χ0v) is 12.4. The number of nitrogens with zero attached hydrogens (tertiary/aromatic N) is 1. The summed E-state index contributed by atoms with van der Waals surface area (Å²) in [5.41, 5.74) is 10.2. The van der Waals surface area contributed by atoms with Crippen LogP contribution in [-0.4, -0.2) is 4.98 Å². The summed E-state index contributed by atoms with van der Waals surface area (Å²) in [6.07, 6.45) is 0. The molecule has 0 spiro atoms. The van der Waals surface area contributed by atoms with Gasteiger partial charge >= 0.3 is 0 Å². The van der Waals surface area contributed by atoms with E-state index in [1.807, 2.05) is 25.1 Å². The molecule has 0 fully saturated rings. The second-order valence-electron chi connectivity index (χ2n) is 4.92. The maximum absolute atomic E-state index is 6.04. The summed E-state index contributed by atoms with van der Waals surface area (Å²) in [4.78, 5) is 6.88. The number of pyridine rings is 1. The monoisotopic (exact) mass is 280 g/mol. The molecule has 0 aliphatic carbocycles. The van der Waals surface area contributed by atoms with E-state index in [0.717, 1.165) is 21.8 Å². The molecule has 2 N–H and O–H groups in total. The predicted molar refractivity (Wildman–Crippen MR) is 86.2 cm³/mol. The molecule has 100 valence electrons. The molecule has 0 aliphatic heterocycles. The minimum Gasteiger partial charge on any atom is -0.398 e. The van der Waals surface area contributed by atoms with Gasteiger partial charge < -0.3 is 5.73 Å². The molecule has 20 heavy (non-hydrogen) atoms. The molecule has 3 heteroatoms. The maximum atomic E-state index is 6.04. The molecular weight excluding hydrogens is 264 g/mol. The van der Waals surface area contributed by atoms with Crippen molar-refractivity contribution in [2.24, 2.45) is 0 Å². The zero-order valence-electron chi connectivity index (χ0n) is 11.6. The van der Waals surface area contributed by atoms with E-state index in [4.69, 9.17) is 5.73 Å². The van der Waals surface area contributed by atoms with E-state index in [1.54, 1.807) is 11.8 Å². The molecule has 0 bridgehead atoms. The Bertz CT molecular complexity index is 781. The van der Waals surface area contributed by atoms with Gasteiger partial charge in [0.05, 0.1) is 5.52 Å². The quantitative estimate of drug-likeness (QED) is 0.698. The average Bonchev–Trinajstić information content (AvgIpc) is 2.42. The number of nitrogens with two attached hydrogens (primary N) is 1. The SMILES string of the molecule is Cc1ccc2nc(C)cc(Sc3ccccc3N)c2c1. The van der Waals surface area contributed by atoms with Gasteiger partial charge in [-0.25, -0.2) is 0 Å². The highest BCUT2D eigenvalue weighted by molar-refractivity contribution is 7.99. The molecule has 0 saturated heterocycles. The Labute approximate surface area is 123 Å². The van der Waals surface area contributed by atoms with Gasteiger partial charge in [-0.2, -0.15) is 0 Å². The second-order valence-corrected chi connectivity index (χ2v) is 6.01. The lowest BCUT2D eigenvalue weighted by molar-refractivity contribution is 1.21. The van der Waals surface area contributed by atoms with Gasteiger partial charge in [0, 0.05) is 26.6 Å². The summed E-state index contributed by atoms with van der Waals surface area (Å²) in [6.45, 7) is 4.13. The largest absolute Gasteiger partial charge is 0.398 e. The topological polar surface area (TPSA) is 38.9 Å². The number of anilines is 1. The Kier molecular flexibility index (Phi) is 3.36. The van der Waals surface area contributed by atoms with E-state index >= 15 is 0 Å². The summed E-state index contributed by atoms with van der Waals surface area (Å²) in [5.74, 6) is 0. The fourth-order valence-electron chi connectivity index (χ4n) is 2.21. The van der Waals surface area contributed by atoms with Crippen molar-refractivity contribution in [3.8, 4) is 0 Å². The molecule has 0 aliphatic rings. The minimum absolute atomic E-state index is 0.813. The van der Waals surface area contributed by atoms with Crippen molar-refractivity contribution in [1.29, 1.82) is 0 Å². The van der Waals surface area contributed by atoms with E-state index in [-0.39, 0.29) is 0 Å². The van der Waals surface area contributed by atoms with E-state index in [1.165, 1.54) is 15.8 Å². The van der Waals surface area contributed by atoms with Crippen LogP contribution in [0.4, 0.5) is 5.69 Å². The van der Waals surface area contributed by atoms with Crippen LogP contribution in [-0.2, 0) is 0 Å². The molecule has 1 aromatic heterocycles. The molecule has 3 aromatic rings. The molecule has 0 amide bonds. The maximum Gasteiger partial charge on any atom is 0.0716 e. The Balaban J connectivity index is 2.15. The van der Waals surface area contributed by atoms with Crippen LogP contribution in [0.3, 0.4) is 0 Å². The van der Waals surface area contributed by atoms with E-state index in [2.05, 4.69) is 42.2 Å². The van der Waals surface area contributed by atoms with Crippen molar-refractivity contribution in [1.82, 2.24) is 4.98 Å². The van der Waals surface area contributed by atoms with Gasteiger partial charge in [0.15, 0.2) is 0 Å². The van der Waals surface area contributed by atoms with Gasteiger partial charge in [0.1, 0.15) is 0 Å². The smallest absolute Gasteiger partial charge is 0.0716 e. The molecular formula is C17H16N2S. The van der Waals surface area contributed by atoms with Crippen LogP contribution >= 0.6 is 11.8 Å². The van der Waals surface area contributed by atoms with E-state index < -0.39 is 0 Å². The molecule has 0 atom stereocenters. The third-order valence-corrected chi connectivity index (χ3v) is 4.34. The predicted octanol–water partition coefficient (Wildman–Crippen LogP) is 4.59. The molecule has 0 saturated carbocycles. The third-order valence-electron chi connectivity index (χ3n) is 3.19. The number of hydrogen-bond donors (Lipinski definition) is 1. The number of aromatic nitrogens is 1. The van der Waals surface area contributed by atoms with Crippen molar-refractivity contribution < 1.29 is 0 Å². The third kappa shape index (κ3) is 2.49. The van der Waals surface area contributed by atoms with Gasteiger partial charge in [0.25, 0.3) is 0 Å². The zero-order chi connectivity index (χ0) is 14.1. The van der Waals surface area contributed by atoms with Crippen LogP contribution in [0.1, 0.15) is 11.3 Å². The molecule has 0 unspecified atom stereocenters. The van der Waals surface area contributed by atoms with Crippen molar-refractivity contribution in [2.75, 3.05) is 5.73 Å². The van der Waals surface area contributed by atoms with Crippen molar-refractivity contribution in [2.45, 2.75) is 23.6 Å². The molecule has 1 heterocycles. The van der Waals surface area contributed by atoms with Gasteiger partial charge in [-0.1, -0.05) is 35.5 Å². The van der Waals surface area contributed by atoms with Crippen LogP contribution < -0.4 is 5.73 Å². The number of hydrogen-bond acceptors (Lipinski definition) is 3. The highest BCUT2D eigenvalue weighted by Gasteiger charge is 2.08. The molecule has 0 radical (unpaired) electrons. The number of para-hydroxylation sites is 1. The lowest BCUT2D eigenvalue weighted by Crippen LogP contribution is -1.90. The highest BCUT2D eigenvalue weighted by atomic mass is 32.2. The standard InChI is InChI=1S/C17H16N2S/c1-11-7-8-15-13(9-11)17(10-12(2)19-15)20-16-6-4-3-5-14(16)18/h3-10H,18H2,1-2H3. The molecule has 2 aromatic carbocycles. The molecule has 3 rings (SSSR count). The minimum atomic E-state index is 0.813. The summed E-state index contributed by atoms with van der Waals surface area (Å²) in [7, 11) is 0. The fourth-order valence-corrected chi connectivity index (χ4v) is 3.28. The van der Waals surface area contributed by atoms with Crippen LogP contribution in [0.5, 0.6) is 0 Å². The van der Waals surface area contributed by atoms with Gasteiger partial charge in [-0.05, 0) is 44.2 Å². The number of benzene rings is 2. The first-order valence-electron chi connectivity index (χ1n) is 6.54. The van der Waals surface area contributed by atoms with Gasteiger partial charge in [0.2, 0.25) is 0 Å². The number of aryl methyl sites for hydroxylation is 2. The van der Waals surface area contributed by atoms with E-state index in [9.17, 15) is 0 Å². The van der Waals surface area contributed by atoms with Gasteiger partial charge in [-0.15, -0.1) is 0 Å². The van der Waals surface area contributed by atoms with Crippen LogP contribution in [0.2, 0.25) is 0 Å². The fraction of sp³-hybridized carbons (Fsp3) is 0.118. The lowest BCUT2D eigenvalue weighted by Gasteiger charge is -2.10. The van der Waals surface area contributed by atoms with Gasteiger partial charge in [-0.3, -0.25) is 4.98 Å². The normalized spacial score (nSPS) is 10.9. The molecule has 2 nitrogen and oxygen atoms in total. The second kappa shape index (κ2) is 5.17. The Hall–Kier alpha value is -2.00. The number of fused-ring (bicyclic) bond motifs is 1. The Morgan fingerprint density at radius 2 is 1.75 bits per heavy atom. The number of rotatable bonds is 2. The first kappa shape index (κ1) is 13.0. The van der Waals surface area contributed by atoms with Crippen molar-refractivity contribution in [3.05, 3.63) is 59.8 Å². The lowest BCUT2D eigenvalue weighted by atomic mass is 10.1. The first-order valence-corrected chi connectivity index (χ1v) is 7.35. The highest BCUT2D eigenvalue weighted by Crippen LogP contribution is 2.36. The summed E-state index contributed by atoms with van der Waals surface area (Å²) in [6, 6.07) is 16.4. The van der Waals surface area contributed by atoms with Crippen molar-refractivity contribution >= 4 is 28.4 Å². The Morgan fingerprint density at radius 3 is 2.55 bits per heavy atom. The van der Waals surface area contributed by atoms with E-state index in [0.29, 0.717) is 0 Å². The summed E-state index contributed by atoms with van der Waals surface area (Å²) < 4.78 is 0. The summed E-state index contributed by atoms with van der Waals surface area (Å²) >= 11 is 1.70. The van der Waals surface area contributed by atoms with Crippen LogP contribution in [0, 0.1) is 13.8 Å². The first-order chi connectivity index (χ1) is 9.63.